The summed E-state index contributed by atoms with van der Waals surface area (Å²) >= 11 is 0. The summed E-state index contributed by atoms with van der Waals surface area (Å²) in [6.45, 7) is 5.80. The summed E-state index contributed by atoms with van der Waals surface area (Å²) in [7, 11) is 0. The molecule has 2 aliphatic rings. The Labute approximate surface area is 105 Å². The second-order valence-corrected chi connectivity index (χ2v) is 6.09. The fourth-order valence-electron chi connectivity index (χ4n) is 3.21. The molecular weight excluding hydrogens is 212 g/mol. The van der Waals surface area contributed by atoms with Crippen molar-refractivity contribution >= 4 is 0 Å². The molecule has 0 radical (unpaired) electrons. The average molecular weight is 240 g/mol. The van der Waals surface area contributed by atoms with Gasteiger partial charge in [0.25, 0.3) is 0 Å². The molecule has 1 saturated heterocycles. The maximum absolute atomic E-state index is 10.5. The highest BCUT2D eigenvalue weighted by Gasteiger charge is 2.43. The van der Waals surface area contributed by atoms with Gasteiger partial charge in [0.1, 0.15) is 0 Å². The van der Waals surface area contributed by atoms with Crippen LogP contribution < -0.4 is 5.73 Å². The zero-order valence-electron chi connectivity index (χ0n) is 11.2. The molecule has 1 aliphatic carbocycles. The lowest BCUT2D eigenvalue weighted by Gasteiger charge is -2.38. The fraction of sp³-hybridized carbons (Fsp3) is 1.00. The molecule has 0 spiro atoms. The molecule has 0 aromatic carbocycles. The largest absolute Gasteiger partial charge is 0.387 e. The number of rotatable bonds is 6. The Morgan fingerprint density at radius 1 is 1.24 bits per heavy atom. The minimum Gasteiger partial charge on any atom is -0.387 e. The predicted molar refractivity (Wildman–Crippen MR) is 70.8 cm³/mol. The van der Waals surface area contributed by atoms with Crippen molar-refractivity contribution in [2.24, 2.45) is 17.6 Å². The van der Waals surface area contributed by atoms with Gasteiger partial charge in [-0.05, 0) is 50.6 Å². The first-order valence-corrected chi connectivity index (χ1v) is 7.32. The first kappa shape index (κ1) is 13.3. The third-order valence-corrected chi connectivity index (χ3v) is 4.59. The number of nitrogens with zero attached hydrogens (tertiary/aromatic N) is 1. The lowest BCUT2D eigenvalue weighted by Crippen LogP contribution is -2.51. The van der Waals surface area contributed by atoms with Crippen molar-refractivity contribution in [3.05, 3.63) is 0 Å². The average Bonchev–Trinajstić information content (AvgIpc) is 3.16. The smallest absolute Gasteiger partial charge is 0.0923 e. The molecule has 1 aliphatic heterocycles. The number of piperidine rings is 1. The van der Waals surface area contributed by atoms with Crippen LogP contribution in [-0.2, 0) is 0 Å². The predicted octanol–water partition coefficient (Wildman–Crippen LogP) is 1.60. The van der Waals surface area contributed by atoms with Crippen LogP contribution in [0.2, 0.25) is 0 Å². The SMILES string of the molecule is CCCC1CCN(CC(O)(CN)C2CC2)CC1. The summed E-state index contributed by atoms with van der Waals surface area (Å²) < 4.78 is 0. The van der Waals surface area contributed by atoms with Crippen molar-refractivity contribution in [3.8, 4) is 0 Å². The van der Waals surface area contributed by atoms with Crippen molar-refractivity contribution in [3.63, 3.8) is 0 Å². The van der Waals surface area contributed by atoms with E-state index in [0.29, 0.717) is 12.5 Å². The van der Waals surface area contributed by atoms with E-state index < -0.39 is 5.60 Å². The molecule has 17 heavy (non-hydrogen) atoms. The van der Waals surface area contributed by atoms with Gasteiger partial charge in [0, 0.05) is 13.1 Å². The number of hydrogen-bond acceptors (Lipinski definition) is 3. The van der Waals surface area contributed by atoms with E-state index in [1.165, 1.54) is 38.5 Å². The van der Waals surface area contributed by atoms with Gasteiger partial charge in [0.15, 0.2) is 0 Å². The molecule has 1 atom stereocenters. The number of hydrogen-bond donors (Lipinski definition) is 2. The molecule has 1 unspecified atom stereocenters. The molecule has 3 N–H and O–H groups in total. The van der Waals surface area contributed by atoms with Gasteiger partial charge < -0.3 is 15.7 Å². The number of likely N-dealkylation sites (tertiary alicyclic amines) is 1. The van der Waals surface area contributed by atoms with E-state index in [0.717, 1.165) is 25.6 Å². The Kier molecular flexibility index (Phi) is 4.45. The standard InChI is InChI=1S/C14H28N2O/c1-2-3-12-6-8-16(9-7-12)11-14(17,10-15)13-4-5-13/h12-13,17H,2-11,15H2,1H3. The topological polar surface area (TPSA) is 49.5 Å². The van der Waals surface area contributed by atoms with E-state index in [1.54, 1.807) is 0 Å². The fourth-order valence-corrected chi connectivity index (χ4v) is 3.21. The lowest BCUT2D eigenvalue weighted by molar-refractivity contribution is -0.0164. The highest BCUT2D eigenvalue weighted by atomic mass is 16.3. The second-order valence-electron chi connectivity index (χ2n) is 6.09. The van der Waals surface area contributed by atoms with Crippen LogP contribution in [0.15, 0.2) is 0 Å². The second kappa shape index (κ2) is 5.68. The van der Waals surface area contributed by atoms with Gasteiger partial charge in [-0.15, -0.1) is 0 Å². The molecule has 0 aromatic rings. The molecule has 1 saturated carbocycles. The summed E-state index contributed by atoms with van der Waals surface area (Å²) in [5, 5.41) is 10.5. The molecule has 0 aromatic heterocycles. The lowest BCUT2D eigenvalue weighted by atomic mass is 9.90. The minimum absolute atomic E-state index is 0.423. The van der Waals surface area contributed by atoms with E-state index in [-0.39, 0.29) is 0 Å². The van der Waals surface area contributed by atoms with E-state index in [9.17, 15) is 5.11 Å². The Bertz CT molecular complexity index is 234. The van der Waals surface area contributed by atoms with Crippen molar-refractivity contribution in [1.82, 2.24) is 4.90 Å². The molecule has 2 fully saturated rings. The van der Waals surface area contributed by atoms with E-state index in [2.05, 4.69) is 11.8 Å². The van der Waals surface area contributed by atoms with E-state index in [1.807, 2.05) is 0 Å². The molecule has 0 bridgehead atoms. The van der Waals surface area contributed by atoms with Gasteiger partial charge in [0.05, 0.1) is 5.60 Å². The first-order valence-electron chi connectivity index (χ1n) is 7.32. The van der Waals surface area contributed by atoms with Crippen LogP contribution >= 0.6 is 0 Å². The Morgan fingerprint density at radius 2 is 1.88 bits per heavy atom. The first-order chi connectivity index (χ1) is 8.18. The monoisotopic (exact) mass is 240 g/mol. The molecule has 100 valence electrons. The zero-order chi connectivity index (χ0) is 12.3. The van der Waals surface area contributed by atoms with E-state index in [4.69, 9.17) is 5.73 Å². The van der Waals surface area contributed by atoms with Gasteiger partial charge in [-0.3, -0.25) is 0 Å². The molecule has 1 heterocycles. The quantitative estimate of drug-likeness (QED) is 0.741. The number of nitrogens with two attached hydrogens (primary N) is 1. The maximum atomic E-state index is 10.5. The van der Waals surface area contributed by atoms with Crippen molar-refractivity contribution in [1.29, 1.82) is 0 Å². The zero-order valence-corrected chi connectivity index (χ0v) is 11.2. The third kappa shape index (κ3) is 3.43. The normalized spacial score (nSPS) is 27.0. The minimum atomic E-state index is -0.600. The van der Waals surface area contributed by atoms with Crippen LogP contribution in [-0.4, -0.2) is 41.8 Å². The van der Waals surface area contributed by atoms with Crippen molar-refractivity contribution < 1.29 is 5.11 Å². The van der Waals surface area contributed by atoms with E-state index >= 15 is 0 Å². The van der Waals surface area contributed by atoms with Gasteiger partial charge in [-0.2, -0.15) is 0 Å². The highest BCUT2D eigenvalue weighted by Crippen LogP contribution is 2.40. The highest BCUT2D eigenvalue weighted by molar-refractivity contribution is 4.98. The number of aliphatic hydroxyl groups is 1. The Balaban J connectivity index is 1.76. The number of β-amino-alcohol motifs (C(OH)–C–C–N with tert-alkyl or cyclic N) is 1. The summed E-state index contributed by atoms with van der Waals surface area (Å²) in [6, 6.07) is 0. The molecule has 0 amide bonds. The Hall–Kier alpha value is -0.120. The molecule has 2 rings (SSSR count). The van der Waals surface area contributed by atoms with Crippen molar-refractivity contribution in [2.45, 2.75) is 51.0 Å². The van der Waals surface area contributed by atoms with Gasteiger partial charge in [-0.1, -0.05) is 19.8 Å². The maximum Gasteiger partial charge on any atom is 0.0923 e. The Morgan fingerprint density at radius 3 is 2.35 bits per heavy atom. The van der Waals surface area contributed by atoms with Crippen LogP contribution in [0.1, 0.15) is 45.4 Å². The molecular formula is C14H28N2O. The van der Waals surface area contributed by atoms with Crippen LogP contribution in [0.25, 0.3) is 0 Å². The summed E-state index contributed by atoms with van der Waals surface area (Å²) in [6.07, 6.45) is 7.62. The summed E-state index contributed by atoms with van der Waals surface area (Å²) in [5.74, 6) is 1.39. The van der Waals surface area contributed by atoms with Crippen LogP contribution in [0, 0.1) is 11.8 Å². The summed E-state index contributed by atoms with van der Waals surface area (Å²) in [4.78, 5) is 2.43. The summed E-state index contributed by atoms with van der Waals surface area (Å²) in [5.41, 5.74) is 5.16. The third-order valence-electron chi connectivity index (χ3n) is 4.59. The van der Waals surface area contributed by atoms with Crippen molar-refractivity contribution in [2.75, 3.05) is 26.2 Å². The van der Waals surface area contributed by atoms with Crippen LogP contribution in [0.5, 0.6) is 0 Å². The van der Waals surface area contributed by atoms with Gasteiger partial charge in [0.2, 0.25) is 0 Å². The molecule has 3 nitrogen and oxygen atoms in total. The van der Waals surface area contributed by atoms with Gasteiger partial charge in [-0.25, -0.2) is 0 Å². The van der Waals surface area contributed by atoms with Crippen LogP contribution in [0.4, 0.5) is 0 Å². The molecule has 3 heteroatoms. The van der Waals surface area contributed by atoms with Gasteiger partial charge >= 0.3 is 0 Å². The van der Waals surface area contributed by atoms with Crippen LogP contribution in [0.3, 0.4) is 0 Å².